The van der Waals surface area contributed by atoms with Crippen LogP contribution in [0.25, 0.3) is 5.69 Å². The molecule has 1 aromatic carbocycles. The van der Waals surface area contributed by atoms with E-state index < -0.39 is 0 Å². The van der Waals surface area contributed by atoms with Crippen LogP contribution in [0, 0.1) is 0 Å². The Balaban J connectivity index is 1.57. The van der Waals surface area contributed by atoms with Crippen molar-refractivity contribution in [1.29, 1.82) is 0 Å². The van der Waals surface area contributed by atoms with Gasteiger partial charge in [-0.1, -0.05) is 18.2 Å². The molecule has 1 aliphatic rings. The van der Waals surface area contributed by atoms with Crippen LogP contribution in [-0.2, 0) is 11.3 Å². The Labute approximate surface area is 118 Å². The average molecular weight is 273 g/mol. The van der Waals surface area contributed by atoms with Gasteiger partial charge in [0, 0.05) is 13.2 Å². The molecule has 106 valence electrons. The van der Waals surface area contributed by atoms with Crippen LogP contribution in [0.2, 0.25) is 0 Å². The molecule has 0 saturated carbocycles. The SMILES string of the molecule is c1ccc(-n2nnnc2CNCC2CCCCO2)cc1. The van der Waals surface area contributed by atoms with Gasteiger partial charge in [0.25, 0.3) is 0 Å². The molecule has 1 atom stereocenters. The number of benzene rings is 1. The van der Waals surface area contributed by atoms with E-state index >= 15 is 0 Å². The molecule has 0 amide bonds. The Hall–Kier alpha value is -1.79. The molecule has 6 nitrogen and oxygen atoms in total. The second-order valence-electron chi connectivity index (χ2n) is 4.96. The van der Waals surface area contributed by atoms with Crippen molar-refractivity contribution in [3.63, 3.8) is 0 Å². The fourth-order valence-corrected chi connectivity index (χ4v) is 2.40. The van der Waals surface area contributed by atoms with Crippen molar-refractivity contribution >= 4 is 0 Å². The minimum atomic E-state index is 0.324. The Morgan fingerprint density at radius 2 is 2.15 bits per heavy atom. The van der Waals surface area contributed by atoms with Gasteiger partial charge >= 0.3 is 0 Å². The second kappa shape index (κ2) is 6.58. The lowest BCUT2D eigenvalue weighted by Gasteiger charge is -2.22. The summed E-state index contributed by atoms with van der Waals surface area (Å²) in [5, 5.41) is 15.2. The van der Waals surface area contributed by atoms with Crippen LogP contribution in [0.1, 0.15) is 25.1 Å². The van der Waals surface area contributed by atoms with Crippen LogP contribution in [0.3, 0.4) is 0 Å². The van der Waals surface area contributed by atoms with Crippen LogP contribution >= 0.6 is 0 Å². The first-order chi connectivity index (χ1) is 9.93. The molecule has 1 aromatic heterocycles. The Kier molecular flexibility index (Phi) is 4.35. The lowest BCUT2D eigenvalue weighted by molar-refractivity contribution is 0.0167. The highest BCUT2D eigenvalue weighted by molar-refractivity contribution is 5.30. The van der Waals surface area contributed by atoms with Gasteiger partial charge in [-0.05, 0) is 41.8 Å². The monoisotopic (exact) mass is 273 g/mol. The Morgan fingerprint density at radius 1 is 1.25 bits per heavy atom. The molecule has 0 aliphatic carbocycles. The third-order valence-electron chi connectivity index (χ3n) is 3.46. The summed E-state index contributed by atoms with van der Waals surface area (Å²) in [7, 11) is 0. The first kappa shape index (κ1) is 13.2. The van der Waals surface area contributed by atoms with E-state index in [0.717, 1.165) is 31.1 Å². The van der Waals surface area contributed by atoms with Crippen molar-refractivity contribution in [3.05, 3.63) is 36.2 Å². The molecule has 1 unspecified atom stereocenters. The standard InChI is InChI=1S/C14H19N5O/c1-2-6-12(7-3-1)19-14(16-17-18-19)11-15-10-13-8-4-5-9-20-13/h1-3,6-7,13,15H,4-5,8-11H2. The Morgan fingerprint density at radius 3 is 2.95 bits per heavy atom. The molecular formula is C14H19N5O. The highest BCUT2D eigenvalue weighted by Gasteiger charge is 2.14. The molecule has 0 spiro atoms. The van der Waals surface area contributed by atoms with Gasteiger partial charge in [-0.25, -0.2) is 0 Å². The van der Waals surface area contributed by atoms with Gasteiger partial charge < -0.3 is 10.1 Å². The fraction of sp³-hybridized carbons (Fsp3) is 0.500. The predicted molar refractivity (Wildman–Crippen MR) is 74.5 cm³/mol. The van der Waals surface area contributed by atoms with Crippen LogP contribution in [0.4, 0.5) is 0 Å². The topological polar surface area (TPSA) is 64.9 Å². The Bertz CT molecular complexity index is 521. The molecule has 20 heavy (non-hydrogen) atoms. The maximum atomic E-state index is 5.69. The number of hydrogen-bond acceptors (Lipinski definition) is 5. The minimum Gasteiger partial charge on any atom is -0.377 e. The molecule has 1 N–H and O–H groups in total. The van der Waals surface area contributed by atoms with Crippen LogP contribution in [-0.4, -0.2) is 39.5 Å². The van der Waals surface area contributed by atoms with E-state index in [-0.39, 0.29) is 0 Å². The van der Waals surface area contributed by atoms with E-state index in [1.54, 1.807) is 4.68 Å². The van der Waals surface area contributed by atoms with Gasteiger partial charge in [0.1, 0.15) is 0 Å². The number of nitrogens with zero attached hydrogens (tertiary/aromatic N) is 4. The maximum Gasteiger partial charge on any atom is 0.170 e. The zero-order valence-corrected chi connectivity index (χ0v) is 11.4. The normalized spacial score (nSPS) is 19.1. The maximum absolute atomic E-state index is 5.69. The summed E-state index contributed by atoms with van der Waals surface area (Å²) >= 11 is 0. The summed E-state index contributed by atoms with van der Waals surface area (Å²) in [6, 6.07) is 9.91. The highest BCUT2D eigenvalue weighted by atomic mass is 16.5. The predicted octanol–water partition coefficient (Wildman–Crippen LogP) is 1.32. The van der Waals surface area contributed by atoms with Gasteiger partial charge in [-0.3, -0.25) is 0 Å². The van der Waals surface area contributed by atoms with Crippen molar-refractivity contribution in [2.75, 3.05) is 13.2 Å². The smallest absolute Gasteiger partial charge is 0.170 e. The molecule has 1 fully saturated rings. The van der Waals surface area contributed by atoms with E-state index in [1.807, 2.05) is 30.3 Å². The van der Waals surface area contributed by atoms with Crippen LogP contribution < -0.4 is 5.32 Å². The number of aromatic nitrogens is 4. The van der Waals surface area contributed by atoms with Crippen molar-refractivity contribution < 1.29 is 4.74 Å². The van der Waals surface area contributed by atoms with Gasteiger partial charge in [0.2, 0.25) is 0 Å². The summed E-state index contributed by atoms with van der Waals surface area (Å²) in [6.45, 7) is 2.37. The quantitative estimate of drug-likeness (QED) is 0.890. The number of hydrogen-bond donors (Lipinski definition) is 1. The lowest BCUT2D eigenvalue weighted by Crippen LogP contribution is -2.32. The van der Waals surface area contributed by atoms with Gasteiger partial charge in [-0.15, -0.1) is 5.10 Å². The van der Waals surface area contributed by atoms with Crippen LogP contribution in [0.15, 0.2) is 30.3 Å². The number of rotatable bonds is 5. The largest absolute Gasteiger partial charge is 0.377 e. The van der Waals surface area contributed by atoms with Crippen molar-refractivity contribution in [2.24, 2.45) is 0 Å². The highest BCUT2D eigenvalue weighted by Crippen LogP contribution is 2.12. The third-order valence-corrected chi connectivity index (χ3v) is 3.46. The lowest BCUT2D eigenvalue weighted by atomic mass is 10.1. The molecule has 0 bridgehead atoms. The van der Waals surface area contributed by atoms with E-state index in [2.05, 4.69) is 20.8 Å². The van der Waals surface area contributed by atoms with E-state index in [1.165, 1.54) is 12.8 Å². The number of ether oxygens (including phenoxy) is 1. The number of tetrazole rings is 1. The first-order valence-electron chi connectivity index (χ1n) is 7.08. The number of para-hydroxylation sites is 1. The molecule has 1 aliphatic heterocycles. The second-order valence-corrected chi connectivity index (χ2v) is 4.96. The molecule has 1 saturated heterocycles. The van der Waals surface area contributed by atoms with E-state index in [9.17, 15) is 0 Å². The number of nitrogens with one attached hydrogen (secondary N) is 1. The van der Waals surface area contributed by atoms with E-state index in [4.69, 9.17) is 4.74 Å². The summed E-state index contributed by atoms with van der Waals surface area (Å²) in [6.07, 6.45) is 3.90. The zero-order valence-electron chi connectivity index (χ0n) is 11.4. The minimum absolute atomic E-state index is 0.324. The molecular weight excluding hydrogens is 254 g/mol. The van der Waals surface area contributed by atoms with Gasteiger partial charge in [0.05, 0.1) is 18.3 Å². The van der Waals surface area contributed by atoms with Gasteiger partial charge in [-0.2, -0.15) is 4.68 Å². The average Bonchev–Trinajstić information content (AvgIpc) is 2.98. The summed E-state index contributed by atoms with van der Waals surface area (Å²) < 4.78 is 7.45. The summed E-state index contributed by atoms with van der Waals surface area (Å²) in [5.74, 6) is 0.812. The van der Waals surface area contributed by atoms with Crippen molar-refractivity contribution in [3.8, 4) is 5.69 Å². The van der Waals surface area contributed by atoms with E-state index in [0.29, 0.717) is 12.6 Å². The summed E-state index contributed by atoms with van der Waals surface area (Å²) in [4.78, 5) is 0. The fourth-order valence-electron chi connectivity index (χ4n) is 2.40. The molecule has 6 heteroatoms. The molecule has 0 radical (unpaired) electrons. The molecule has 2 heterocycles. The van der Waals surface area contributed by atoms with Gasteiger partial charge in [0.15, 0.2) is 5.82 Å². The summed E-state index contributed by atoms with van der Waals surface area (Å²) in [5.41, 5.74) is 0.975. The first-order valence-corrected chi connectivity index (χ1v) is 7.08. The molecule has 3 rings (SSSR count). The van der Waals surface area contributed by atoms with Crippen molar-refractivity contribution in [2.45, 2.75) is 31.9 Å². The van der Waals surface area contributed by atoms with Crippen molar-refractivity contribution in [1.82, 2.24) is 25.5 Å². The third kappa shape index (κ3) is 3.20. The zero-order chi connectivity index (χ0) is 13.6. The van der Waals surface area contributed by atoms with Crippen LogP contribution in [0.5, 0.6) is 0 Å². The molecule has 2 aromatic rings.